The van der Waals surface area contributed by atoms with Gasteiger partial charge in [-0.1, -0.05) is 36.7 Å². The maximum Gasteiger partial charge on any atom is 0.331 e. The van der Waals surface area contributed by atoms with E-state index in [4.69, 9.17) is 14.7 Å². The fraction of sp³-hybridized carbons (Fsp3) is 0.412. The Morgan fingerprint density at radius 2 is 1.72 bits per heavy atom. The zero-order valence-corrected chi connectivity index (χ0v) is 17.2. The number of halogens is 5. The number of hydrogen-bond donors (Lipinski definition) is 3. The molecule has 180 valence electrons. The summed E-state index contributed by atoms with van der Waals surface area (Å²) in [6.07, 6.45) is -4.01. The van der Waals surface area contributed by atoms with Gasteiger partial charge < -0.3 is 24.9 Å². The van der Waals surface area contributed by atoms with Gasteiger partial charge in [-0.05, 0) is 17.7 Å². The van der Waals surface area contributed by atoms with Crippen LogP contribution in [0.4, 0.5) is 19.4 Å². The molecule has 1 aromatic carbocycles. The number of benzene rings is 1. The summed E-state index contributed by atoms with van der Waals surface area (Å²) in [4.78, 5) is 15.5. The molecular formula is C17H20F5N3O6S. The van der Waals surface area contributed by atoms with E-state index in [1.165, 1.54) is 19.3 Å². The SMILES string of the molecule is Cn1c(=NOCc2ccc(S(F)(F)(F)(F)F)cc2)ccn([C@@H]2O[C@H](CO)[C@@H](O)[C@H]2O)c1=O. The molecule has 0 spiro atoms. The van der Waals surface area contributed by atoms with Crippen molar-refractivity contribution in [1.82, 2.24) is 9.13 Å². The van der Waals surface area contributed by atoms with Crippen molar-refractivity contribution < 1.29 is 44.3 Å². The van der Waals surface area contributed by atoms with Crippen molar-refractivity contribution in [2.45, 2.75) is 36.0 Å². The van der Waals surface area contributed by atoms with E-state index in [2.05, 4.69) is 5.16 Å². The molecule has 0 bridgehead atoms. The summed E-state index contributed by atoms with van der Waals surface area (Å²) >= 11 is 0. The minimum atomic E-state index is -9.76. The van der Waals surface area contributed by atoms with Crippen LogP contribution in [0.25, 0.3) is 0 Å². The summed E-state index contributed by atoms with van der Waals surface area (Å²) in [5.74, 6) is 0. The molecule has 1 aliphatic heterocycles. The average Bonchev–Trinajstić information content (AvgIpc) is 2.98. The Morgan fingerprint density at radius 3 is 2.25 bits per heavy atom. The summed E-state index contributed by atoms with van der Waals surface area (Å²) in [5.41, 5.74) is -0.603. The van der Waals surface area contributed by atoms with E-state index in [1.807, 2.05) is 0 Å². The van der Waals surface area contributed by atoms with E-state index >= 15 is 0 Å². The molecule has 9 nitrogen and oxygen atoms in total. The third-order valence-electron chi connectivity index (χ3n) is 4.79. The van der Waals surface area contributed by atoms with Gasteiger partial charge >= 0.3 is 15.9 Å². The lowest BCUT2D eigenvalue weighted by atomic mass is 10.1. The van der Waals surface area contributed by atoms with Gasteiger partial charge in [-0.15, -0.1) is 0 Å². The van der Waals surface area contributed by atoms with E-state index in [9.17, 15) is 34.4 Å². The van der Waals surface area contributed by atoms with Crippen molar-refractivity contribution in [3.8, 4) is 0 Å². The Hall–Kier alpha value is -2.46. The first-order valence-corrected chi connectivity index (χ1v) is 11.0. The molecule has 2 heterocycles. The summed E-state index contributed by atoms with van der Waals surface area (Å²) in [7, 11) is -8.45. The Bertz CT molecular complexity index is 1120. The van der Waals surface area contributed by atoms with Crippen LogP contribution in [0.2, 0.25) is 0 Å². The highest BCUT2D eigenvalue weighted by molar-refractivity contribution is 8.45. The van der Waals surface area contributed by atoms with Crippen LogP contribution in [0, 0.1) is 0 Å². The second-order valence-corrected chi connectivity index (χ2v) is 9.54. The Kier molecular flexibility index (Phi) is 5.71. The van der Waals surface area contributed by atoms with Crippen molar-refractivity contribution in [2.24, 2.45) is 12.2 Å². The molecule has 0 saturated carbocycles. The van der Waals surface area contributed by atoms with Gasteiger partial charge in [0.15, 0.2) is 11.7 Å². The second kappa shape index (κ2) is 7.55. The normalized spacial score (nSPS) is 26.6. The Morgan fingerprint density at radius 1 is 1.09 bits per heavy atom. The number of nitrogens with zero attached hydrogens (tertiary/aromatic N) is 3. The van der Waals surface area contributed by atoms with E-state index in [0.29, 0.717) is 0 Å². The molecule has 1 saturated heterocycles. The maximum absolute atomic E-state index is 12.7. The number of aliphatic hydroxyl groups excluding tert-OH is 3. The molecule has 3 N–H and O–H groups in total. The maximum atomic E-state index is 12.7. The zero-order chi connectivity index (χ0) is 24.0. The van der Waals surface area contributed by atoms with E-state index < -0.39 is 52.0 Å². The van der Waals surface area contributed by atoms with Gasteiger partial charge in [0.2, 0.25) is 0 Å². The molecule has 4 atom stereocenters. The largest absolute Gasteiger partial charge is 0.394 e. The molecular weight excluding hydrogens is 469 g/mol. The topological polar surface area (TPSA) is 118 Å². The molecule has 0 radical (unpaired) electrons. The minimum Gasteiger partial charge on any atom is -0.394 e. The van der Waals surface area contributed by atoms with Crippen LogP contribution in [0.3, 0.4) is 0 Å². The zero-order valence-electron chi connectivity index (χ0n) is 16.4. The smallest absolute Gasteiger partial charge is 0.331 e. The average molecular weight is 489 g/mol. The molecule has 0 amide bonds. The summed E-state index contributed by atoms with van der Waals surface area (Å²) in [6, 6.07) is 3.45. The standard InChI is InChI=1S/C17H20F5N3O6S/c1-24-13(6-7-25(17(24)29)16-15(28)14(27)12(8-26)31-16)23-30-9-10-2-4-11(5-3-10)32(18,19,20,21)22/h2-7,12,14-16,26-28H,8-9H2,1H3/t12-,14-,15-,16-/m1/s1. The minimum absolute atomic E-state index is 0.0124. The van der Waals surface area contributed by atoms with E-state index in [-0.39, 0.29) is 29.8 Å². The molecule has 32 heavy (non-hydrogen) atoms. The molecule has 2 aromatic rings. The molecule has 1 aliphatic rings. The van der Waals surface area contributed by atoms with Gasteiger partial charge in [0.25, 0.3) is 0 Å². The van der Waals surface area contributed by atoms with E-state index in [1.54, 1.807) is 0 Å². The number of rotatable bonds is 6. The van der Waals surface area contributed by atoms with Gasteiger partial charge in [-0.2, -0.15) is 0 Å². The number of ether oxygens (including phenoxy) is 1. The molecule has 0 unspecified atom stereocenters. The predicted molar refractivity (Wildman–Crippen MR) is 101 cm³/mol. The lowest BCUT2D eigenvalue weighted by Crippen LogP contribution is -2.42. The van der Waals surface area contributed by atoms with Gasteiger partial charge in [0.1, 0.15) is 29.8 Å². The highest BCUT2D eigenvalue weighted by Crippen LogP contribution is 3.02. The first-order valence-electron chi connectivity index (χ1n) is 9.02. The fourth-order valence-electron chi connectivity index (χ4n) is 3.00. The third-order valence-corrected chi connectivity index (χ3v) is 5.95. The Labute approximate surface area is 177 Å². The second-order valence-electron chi connectivity index (χ2n) is 7.13. The number of aromatic nitrogens is 2. The highest BCUT2D eigenvalue weighted by atomic mass is 32.5. The van der Waals surface area contributed by atoms with Crippen LogP contribution in [-0.2, 0) is 23.2 Å². The van der Waals surface area contributed by atoms with Gasteiger partial charge in [0, 0.05) is 19.3 Å². The molecule has 3 rings (SSSR count). The molecule has 1 fully saturated rings. The predicted octanol–water partition coefficient (Wildman–Crippen LogP) is 1.49. The van der Waals surface area contributed by atoms with Crippen molar-refractivity contribution in [3.05, 3.63) is 58.1 Å². The molecule has 15 heteroatoms. The monoisotopic (exact) mass is 489 g/mol. The number of aliphatic hydroxyl groups is 3. The highest BCUT2D eigenvalue weighted by Gasteiger charge is 2.65. The first kappa shape index (κ1) is 24.2. The van der Waals surface area contributed by atoms with Crippen molar-refractivity contribution in [2.75, 3.05) is 6.61 Å². The Balaban J connectivity index is 1.75. The van der Waals surface area contributed by atoms with Crippen LogP contribution in [0.5, 0.6) is 0 Å². The summed E-state index contributed by atoms with van der Waals surface area (Å²) in [6.45, 7) is -0.932. The lowest BCUT2D eigenvalue weighted by Gasteiger charge is -2.40. The van der Waals surface area contributed by atoms with Crippen molar-refractivity contribution in [1.29, 1.82) is 0 Å². The van der Waals surface area contributed by atoms with Crippen LogP contribution in [0.1, 0.15) is 11.8 Å². The van der Waals surface area contributed by atoms with Crippen LogP contribution < -0.4 is 11.2 Å². The quantitative estimate of drug-likeness (QED) is 0.418. The van der Waals surface area contributed by atoms with Crippen molar-refractivity contribution >= 4 is 10.2 Å². The van der Waals surface area contributed by atoms with Crippen molar-refractivity contribution in [3.63, 3.8) is 0 Å². The number of hydrogen-bond acceptors (Lipinski definition) is 7. The first-order chi connectivity index (χ1) is 14.6. The lowest BCUT2D eigenvalue weighted by molar-refractivity contribution is -0.0555. The molecule has 0 aliphatic carbocycles. The molecule has 1 aromatic heterocycles. The third kappa shape index (κ3) is 4.96. The van der Waals surface area contributed by atoms with Gasteiger partial charge in [0.05, 0.1) is 6.61 Å². The summed E-state index contributed by atoms with van der Waals surface area (Å²) < 4.78 is 70.9. The van der Waals surface area contributed by atoms with Crippen LogP contribution >= 0.6 is 10.2 Å². The van der Waals surface area contributed by atoms with Crippen LogP contribution in [-0.4, -0.2) is 49.4 Å². The fourth-order valence-corrected chi connectivity index (χ4v) is 3.66. The van der Waals surface area contributed by atoms with Gasteiger partial charge in [-0.3, -0.25) is 9.13 Å². The van der Waals surface area contributed by atoms with Crippen LogP contribution in [0.15, 0.2) is 51.4 Å². The van der Waals surface area contributed by atoms with Gasteiger partial charge in [-0.25, -0.2) is 4.79 Å². The van der Waals surface area contributed by atoms with E-state index in [0.717, 1.165) is 21.3 Å². The summed E-state index contributed by atoms with van der Waals surface area (Å²) in [5, 5.41) is 32.7.